The number of hydrogen-bond acceptors (Lipinski definition) is 4. The molecule has 100 valence electrons. The fourth-order valence-electron chi connectivity index (χ4n) is 1.22. The van der Waals surface area contributed by atoms with Gasteiger partial charge in [-0.05, 0) is 6.07 Å². The molecule has 9 heteroatoms. The van der Waals surface area contributed by atoms with Gasteiger partial charge in [-0.1, -0.05) is 15.9 Å². The number of alkyl halides is 1. The highest BCUT2D eigenvalue weighted by molar-refractivity contribution is 9.09. The second kappa shape index (κ2) is 5.72. The Balaban J connectivity index is 3.19. The van der Waals surface area contributed by atoms with Crippen LogP contribution in [0.1, 0.15) is 0 Å². The number of nitro benzene ring substituents is 1. The number of hydrogen-bond donors (Lipinski definition) is 0. The summed E-state index contributed by atoms with van der Waals surface area (Å²) in [6.07, 6.45) is 0. The van der Waals surface area contributed by atoms with E-state index in [1.54, 1.807) is 0 Å². The summed E-state index contributed by atoms with van der Waals surface area (Å²) >= 11 is 3.09. The molecule has 0 radical (unpaired) electrons. The number of nitro groups is 1. The van der Waals surface area contributed by atoms with E-state index < -0.39 is 26.5 Å². The SMILES string of the molecule is CN(CCBr)S(=O)(=O)c1ccc([N+](=O)[O-])c(F)c1. The van der Waals surface area contributed by atoms with E-state index >= 15 is 0 Å². The van der Waals surface area contributed by atoms with Crippen molar-refractivity contribution in [3.63, 3.8) is 0 Å². The normalized spacial score (nSPS) is 11.8. The van der Waals surface area contributed by atoms with Gasteiger partial charge in [0.25, 0.3) is 0 Å². The van der Waals surface area contributed by atoms with E-state index in [1.165, 1.54) is 7.05 Å². The first kappa shape index (κ1) is 15.0. The van der Waals surface area contributed by atoms with Gasteiger partial charge in [-0.15, -0.1) is 0 Å². The predicted molar refractivity (Wildman–Crippen MR) is 66.7 cm³/mol. The molecule has 1 aromatic carbocycles. The van der Waals surface area contributed by atoms with Gasteiger partial charge in [0.1, 0.15) is 0 Å². The van der Waals surface area contributed by atoms with Crippen molar-refractivity contribution < 1.29 is 17.7 Å². The van der Waals surface area contributed by atoms with Crippen LogP contribution in [0.25, 0.3) is 0 Å². The van der Waals surface area contributed by atoms with Crippen LogP contribution in [-0.4, -0.2) is 36.6 Å². The van der Waals surface area contributed by atoms with E-state index in [2.05, 4.69) is 15.9 Å². The molecule has 0 unspecified atom stereocenters. The molecule has 0 spiro atoms. The fourth-order valence-corrected chi connectivity index (χ4v) is 3.17. The van der Waals surface area contributed by atoms with Crippen LogP contribution in [0.4, 0.5) is 10.1 Å². The molecule has 0 heterocycles. The summed E-state index contributed by atoms with van der Waals surface area (Å²) in [6, 6.07) is 2.50. The molecule has 0 atom stereocenters. The molecular weight excluding hydrogens is 331 g/mol. The molecule has 0 fully saturated rings. The first-order valence-corrected chi connectivity index (χ1v) is 7.33. The van der Waals surface area contributed by atoms with Crippen LogP contribution in [0.5, 0.6) is 0 Å². The van der Waals surface area contributed by atoms with Gasteiger partial charge in [0.2, 0.25) is 15.8 Å². The highest BCUT2D eigenvalue weighted by atomic mass is 79.9. The van der Waals surface area contributed by atoms with Crippen molar-refractivity contribution in [3.8, 4) is 0 Å². The topological polar surface area (TPSA) is 80.5 Å². The van der Waals surface area contributed by atoms with Crippen LogP contribution in [0.15, 0.2) is 23.1 Å². The Morgan fingerprint density at radius 3 is 2.56 bits per heavy atom. The zero-order chi connectivity index (χ0) is 13.9. The summed E-state index contributed by atoms with van der Waals surface area (Å²) in [5, 5.41) is 10.8. The van der Waals surface area contributed by atoms with Gasteiger partial charge < -0.3 is 0 Å². The van der Waals surface area contributed by atoms with Crippen molar-refractivity contribution in [2.75, 3.05) is 18.9 Å². The molecule has 0 aliphatic rings. The minimum absolute atomic E-state index is 0.209. The summed E-state index contributed by atoms with van der Waals surface area (Å²) in [7, 11) is -2.48. The van der Waals surface area contributed by atoms with Gasteiger partial charge in [0.15, 0.2) is 0 Å². The third-order valence-corrected chi connectivity index (χ3v) is 4.43. The van der Waals surface area contributed by atoms with Crippen LogP contribution in [-0.2, 0) is 10.0 Å². The summed E-state index contributed by atoms with van der Waals surface area (Å²) in [5.41, 5.74) is -0.753. The van der Waals surface area contributed by atoms with Gasteiger partial charge in [0, 0.05) is 31.1 Å². The third kappa shape index (κ3) is 3.03. The monoisotopic (exact) mass is 340 g/mol. The average Bonchev–Trinajstić information content (AvgIpc) is 2.28. The Morgan fingerprint density at radius 1 is 1.50 bits per heavy atom. The van der Waals surface area contributed by atoms with Gasteiger partial charge in [-0.25, -0.2) is 12.7 Å². The van der Waals surface area contributed by atoms with Gasteiger partial charge in [-0.3, -0.25) is 10.1 Å². The van der Waals surface area contributed by atoms with E-state index in [-0.39, 0.29) is 11.4 Å². The molecule has 0 aromatic heterocycles. The second-order valence-electron chi connectivity index (χ2n) is 3.39. The van der Waals surface area contributed by atoms with Crippen molar-refractivity contribution in [3.05, 3.63) is 34.1 Å². The highest BCUT2D eigenvalue weighted by Crippen LogP contribution is 2.22. The number of rotatable bonds is 5. The molecule has 6 nitrogen and oxygen atoms in total. The summed E-state index contributed by atoms with van der Waals surface area (Å²) in [6.45, 7) is 0.209. The van der Waals surface area contributed by atoms with Crippen molar-refractivity contribution in [2.24, 2.45) is 0 Å². The summed E-state index contributed by atoms with van der Waals surface area (Å²) < 4.78 is 38.2. The molecule has 0 saturated heterocycles. The maximum atomic E-state index is 13.3. The molecule has 0 N–H and O–H groups in total. The van der Waals surface area contributed by atoms with Crippen LogP contribution < -0.4 is 0 Å². The molecule has 0 bridgehead atoms. The maximum absolute atomic E-state index is 13.3. The van der Waals surface area contributed by atoms with Crippen LogP contribution in [0.2, 0.25) is 0 Å². The average molecular weight is 341 g/mol. The Kier molecular flexibility index (Phi) is 4.77. The molecule has 0 saturated carbocycles. The molecule has 1 rings (SSSR count). The lowest BCUT2D eigenvalue weighted by molar-refractivity contribution is -0.387. The zero-order valence-electron chi connectivity index (χ0n) is 9.34. The number of halogens is 2. The standard InChI is InChI=1S/C9H10BrFN2O4S/c1-12(5-4-10)18(16,17)7-2-3-9(13(14)15)8(11)6-7/h2-3,6H,4-5H2,1H3. The number of nitrogens with zero attached hydrogens (tertiary/aromatic N) is 2. The zero-order valence-corrected chi connectivity index (χ0v) is 11.7. The molecular formula is C9H10BrFN2O4S. The van der Waals surface area contributed by atoms with Crippen LogP contribution >= 0.6 is 15.9 Å². The lowest BCUT2D eigenvalue weighted by Crippen LogP contribution is -2.28. The van der Waals surface area contributed by atoms with Gasteiger partial charge >= 0.3 is 5.69 Å². The van der Waals surface area contributed by atoms with Crippen molar-refractivity contribution >= 4 is 31.6 Å². The van der Waals surface area contributed by atoms with Gasteiger partial charge in [0.05, 0.1) is 9.82 Å². The molecule has 0 aliphatic carbocycles. The minimum Gasteiger partial charge on any atom is -0.258 e. The Morgan fingerprint density at radius 2 is 2.11 bits per heavy atom. The summed E-state index contributed by atoms with van der Waals surface area (Å²) in [5.74, 6) is -1.17. The highest BCUT2D eigenvalue weighted by Gasteiger charge is 2.23. The summed E-state index contributed by atoms with van der Waals surface area (Å²) in [4.78, 5) is 9.20. The first-order chi connectivity index (χ1) is 8.30. The fraction of sp³-hybridized carbons (Fsp3) is 0.333. The minimum atomic E-state index is -3.83. The van der Waals surface area contributed by atoms with Crippen molar-refractivity contribution in [1.82, 2.24) is 4.31 Å². The van der Waals surface area contributed by atoms with Crippen molar-refractivity contribution in [1.29, 1.82) is 0 Å². The van der Waals surface area contributed by atoms with Crippen LogP contribution in [0.3, 0.4) is 0 Å². The molecule has 18 heavy (non-hydrogen) atoms. The van der Waals surface area contributed by atoms with Crippen LogP contribution in [0, 0.1) is 15.9 Å². The molecule has 1 aromatic rings. The number of benzene rings is 1. The Bertz CT molecular complexity index is 564. The molecule has 0 amide bonds. The predicted octanol–water partition coefficient (Wildman–Crippen LogP) is 1.75. The number of sulfonamides is 1. The van der Waals surface area contributed by atoms with E-state index in [0.29, 0.717) is 11.4 Å². The molecule has 0 aliphatic heterocycles. The quantitative estimate of drug-likeness (QED) is 0.464. The Hall–Kier alpha value is -1.06. The van der Waals surface area contributed by atoms with E-state index in [4.69, 9.17) is 0 Å². The maximum Gasteiger partial charge on any atom is 0.304 e. The smallest absolute Gasteiger partial charge is 0.258 e. The second-order valence-corrected chi connectivity index (χ2v) is 6.22. The lowest BCUT2D eigenvalue weighted by Gasteiger charge is -2.15. The largest absolute Gasteiger partial charge is 0.304 e. The van der Waals surface area contributed by atoms with Gasteiger partial charge in [-0.2, -0.15) is 4.39 Å². The van der Waals surface area contributed by atoms with E-state index in [1.807, 2.05) is 0 Å². The lowest BCUT2D eigenvalue weighted by atomic mass is 10.3. The van der Waals surface area contributed by atoms with E-state index in [9.17, 15) is 22.9 Å². The Labute approximate surface area is 112 Å². The van der Waals surface area contributed by atoms with E-state index in [0.717, 1.165) is 16.4 Å². The first-order valence-electron chi connectivity index (χ1n) is 4.77. The van der Waals surface area contributed by atoms with Crippen molar-refractivity contribution in [2.45, 2.75) is 4.90 Å². The third-order valence-electron chi connectivity index (χ3n) is 2.22.